The lowest BCUT2D eigenvalue weighted by atomic mass is 10.2. The molecular weight excluding hydrogens is 179 g/mol. The van der Waals surface area contributed by atoms with Crippen LogP contribution in [0.3, 0.4) is 0 Å². The fraction of sp³-hybridized carbons (Fsp3) is 0.182. The van der Waals surface area contributed by atoms with Gasteiger partial charge in [0.25, 0.3) is 0 Å². The maximum Gasteiger partial charge on any atom is 0.123 e. The van der Waals surface area contributed by atoms with Crippen molar-refractivity contribution in [1.29, 1.82) is 0 Å². The molecule has 0 saturated heterocycles. The number of aryl methyl sites for hydroxylation is 1. The highest BCUT2D eigenvalue weighted by molar-refractivity contribution is 5.16. The van der Waals surface area contributed by atoms with Crippen molar-refractivity contribution in [2.45, 2.75) is 13.5 Å². The van der Waals surface area contributed by atoms with Gasteiger partial charge in [-0.2, -0.15) is 5.10 Å². The second-order valence-electron chi connectivity index (χ2n) is 3.28. The third-order valence-corrected chi connectivity index (χ3v) is 2.01. The second kappa shape index (κ2) is 3.62. The van der Waals surface area contributed by atoms with Crippen LogP contribution in [-0.4, -0.2) is 9.78 Å². The Hall–Kier alpha value is -1.64. The maximum atomic E-state index is 12.8. The van der Waals surface area contributed by atoms with Gasteiger partial charge in [-0.25, -0.2) is 4.39 Å². The van der Waals surface area contributed by atoms with Crippen LogP contribution < -0.4 is 0 Å². The maximum absolute atomic E-state index is 12.8. The first-order chi connectivity index (χ1) is 6.74. The molecule has 0 aliphatic rings. The first kappa shape index (κ1) is 8.94. The molecule has 0 saturated carbocycles. The molecule has 0 aliphatic heterocycles. The van der Waals surface area contributed by atoms with Gasteiger partial charge in [0, 0.05) is 6.20 Å². The molecule has 0 radical (unpaired) electrons. The molecule has 2 aromatic rings. The van der Waals surface area contributed by atoms with Crippen LogP contribution in [0.15, 0.2) is 36.5 Å². The normalized spacial score (nSPS) is 10.4. The Labute approximate surface area is 82.0 Å². The van der Waals surface area contributed by atoms with E-state index in [2.05, 4.69) is 5.10 Å². The largest absolute Gasteiger partial charge is 0.268 e. The van der Waals surface area contributed by atoms with Crippen molar-refractivity contribution in [3.05, 3.63) is 53.6 Å². The molecule has 3 heteroatoms. The summed E-state index contributed by atoms with van der Waals surface area (Å²) in [6.45, 7) is 2.55. The number of hydrogen-bond donors (Lipinski definition) is 0. The molecule has 0 aliphatic carbocycles. The standard InChI is InChI=1S/C11H11FN2/c1-9-5-6-14(13-9)8-10-3-2-4-11(12)7-10/h2-7H,8H2,1H3. The van der Waals surface area contributed by atoms with Gasteiger partial charge in [0.15, 0.2) is 0 Å². The minimum absolute atomic E-state index is 0.202. The molecule has 1 aromatic carbocycles. The minimum Gasteiger partial charge on any atom is -0.268 e. The number of rotatable bonds is 2. The summed E-state index contributed by atoms with van der Waals surface area (Å²) in [5, 5.41) is 4.23. The molecule has 0 atom stereocenters. The van der Waals surface area contributed by atoms with E-state index >= 15 is 0 Å². The van der Waals surface area contributed by atoms with Crippen molar-refractivity contribution in [2.75, 3.05) is 0 Å². The molecule has 0 fully saturated rings. The van der Waals surface area contributed by atoms with E-state index in [1.54, 1.807) is 10.7 Å². The molecule has 1 heterocycles. The zero-order chi connectivity index (χ0) is 9.97. The lowest BCUT2D eigenvalue weighted by Gasteiger charge is -2.01. The first-order valence-electron chi connectivity index (χ1n) is 4.48. The summed E-state index contributed by atoms with van der Waals surface area (Å²) in [5.41, 5.74) is 1.90. The van der Waals surface area contributed by atoms with Gasteiger partial charge < -0.3 is 0 Å². The molecule has 14 heavy (non-hydrogen) atoms. The Kier molecular flexibility index (Phi) is 2.31. The molecular formula is C11H11FN2. The van der Waals surface area contributed by atoms with Crippen molar-refractivity contribution in [1.82, 2.24) is 9.78 Å². The molecule has 0 unspecified atom stereocenters. The summed E-state index contributed by atoms with van der Waals surface area (Å²) >= 11 is 0. The van der Waals surface area contributed by atoms with Gasteiger partial charge >= 0.3 is 0 Å². The van der Waals surface area contributed by atoms with Crippen LogP contribution in [0.2, 0.25) is 0 Å². The molecule has 72 valence electrons. The molecule has 1 aromatic heterocycles. The van der Waals surface area contributed by atoms with Crippen LogP contribution in [0, 0.1) is 12.7 Å². The predicted octanol–water partition coefficient (Wildman–Crippen LogP) is 2.38. The van der Waals surface area contributed by atoms with E-state index in [9.17, 15) is 4.39 Å². The monoisotopic (exact) mass is 190 g/mol. The van der Waals surface area contributed by atoms with Crippen LogP contribution in [0.4, 0.5) is 4.39 Å². The smallest absolute Gasteiger partial charge is 0.123 e. The molecule has 0 spiro atoms. The van der Waals surface area contributed by atoms with E-state index in [4.69, 9.17) is 0 Å². The molecule has 0 N–H and O–H groups in total. The first-order valence-corrected chi connectivity index (χ1v) is 4.48. The van der Waals surface area contributed by atoms with Crippen molar-refractivity contribution in [3.63, 3.8) is 0 Å². The van der Waals surface area contributed by atoms with E-state index in [1.165, 1.54) is 12.1 Å². The zero-order valence-electron chi connectivity index (χ0n) is 7.94. The quantitative estimate of drug-likeness (QED) is 0.711. The molecule has 0 amide bonds. The second-order valence-corrected chi connectivity index (χ2v) is 3.28. The van der Waals surface area contributed by atoms with Crippen LogP contribution in [-0.2, 0) is 6.54 Å². The highest BCUT2D eigenvalue weighted by atomic mass is 19.1. The number of halogens is 1. The summed E-state index contributed by atoms with van der Waals surface area (Å²) < 4.78 is 14.6. The average Bonchev–Trinajstić information content (AvgIpc) is 2.51. The van der Waals surface area contributed by atoms with E-state index < -0.39 is 0 Å². The summed E-state index contributed by atoms with van der Waals surface area (Å²) in [4.78, 5) is 0. The summed E-state index contributed by atoms with van der Waals surface area (Å²) in [6.07, 6.45) is 1.89. The Balaban J connectivity index is 2.18. The predicted molar refractivity (Wildman–Crippen MR) is 52.5 cm³/mol. The molecule has 2 rings (SSSR count). The van der Waals surface area contributed by atoms with E-state index in [-0.39, 0.29) is 5.82 Å². The number of benzene rings is 1. The van der Waals surface area contributed by atoms with Gasteiger partial charge in [-0.1, -0.05) is 12.1 Å². The SMILES string of the molecule is Cc1ccn(Cc2cccc(F)c2)n1. The fourth-order valence-electron chi connectivity index (χ4n) is 1.37. The highest BCUT2D eigenvalue weighted by Crippen LogP contribution is 2.05. The summed E-state index contributed by atoms with van der Waals surface area (Å²) in [6, 6.07) is 8.50. The van der Waals surface area contributed by atoms with Crippen molar-refractivity contribution in [2.24, 2.45) is 0 Å². The molecule has 2 nitrogen and oxygen atoms in total. The average molecular weight is 190 g/mol. The summed E-state index contributed by atoms with van der Waals surface area (Å²) in [7, 11) is 0. The number of aromatic nitrogens is 2. The van der Waals surface area contributed by atoms with Crippen molar-refractivity contribution < 1.29 is 4.39 Å². The van der Waals surface area contributed by atoms with Crippen LogP contribution in [0.25, 0.3) is 0 Å². The van der Waals surface area contributed by atoms with Gasteiger partial charge in [-0.3, -0.25) is 4.68 Å². The Morgan fingerprint density at radius 1 is 1.36 bits per heavy atom. The zero-order valence-corrected chi connectivity index (χ0v) is 7.94. The third-order valence-electron chi connectivity index (χ3n) is 2.01. The minimum atomic E-state index is -0.202. The Bertz CT molecular complexity index is 434. The lowest BCUT2D eigenvalue weighted by Crippen LogP contribution is -2.00. The Morgan fingerprint density at radius 2 is 2.21 bits per heavy atom. The van der Waals surface area contributed by atoms with Crippen LogP contribution >= 0.6 is 0 Å². The third kappa shape index (κ3) is 1.99. The van der Waals surface area contributed by atoms with E-state index in [1.807, 2.05) is 25.3 Å². The van der Waals surface area contributed by atoms with E-state index in [0.29, 0.717) is 6.54 Å². The van der Waals surface area contributed by atoms with Crippen molar-refractivity contribution >= 4 is 0 Å². The van der Waals surface area contributed by atoms with Gasteiger partial charge in [0.05, 0.1) is 12.2 Å². The lowest BCUT2D eigenvalue weighted by molar-refractivity contribution is 0.618. The van der Waals surface area contributed by atoms with Gasteiger partial charge in [0.1, 0.15) is 5.82 Å². The van der Waals surface area contributed by atoms with Gasteiger partial charge in [-0.05, 0) is 30.7 Å². The van der Waals surface area contributed by atoms with Crippen molar-refractivity contribution in [3.8, 4) is 0 Å². The topological polar surface area (TPSA) is 17.8 Å². The van der Waals surface area contributed by atoms with E-state index in [0.717, 1.165) is 11.3 Å². The summed E-state index contributed by atoms with van der Waals surface area (Å²) in [5.74, 6) is -0.202. The fourth-order valence-corrected chi connectivity index (χ4v) is 1.37. The van der Waals surface area contributed by atoms with Crippen LogP contribution in [0.5, 0.6) is 0 Å². The van der Waals surface area contributed by atoms with Gasteiger partial charge in [0.2, 0.25) is 0 Å². The van der Waals surface area contributed by atoms with Crippen LogP contribution in [0.1, 0.15) is 11.3 Å². The number of nitrogens with zero attached hydrogens (tertiary/aromatic N) is 2. The Morgan fingerprint density at radius 3 is 2.86 bits per heavy atom. The number of hydrogen-bond acceptors (Lipinski definition) is 1. The molecule has 0 bridgehead atoms. The van der Waals surface area contributed by atoms with Gasteiger partial charge in [-0.15, -0.1) is 0 Å². The highest BCUT2D eigenvalue weighted by Gasteiger charge is 1.97.